The minimum Gasteiger partial charge on any atom is -0.493 e. The minimum absolute atomic E-state index is 0. The molecule has 0 saturated heterocycles. The van der Waals surface area contributed by atoms with Crippen molar-refractivity contribution < 1.29 is 9.47 Å². The molecule has 0 fully saturated rings. The molecule has 0 saturated carbocycles. The minimum atomic E-state index is 0. The van der Waals surface area contributed by atoms with Crippen LogP contribution in [-0.2, 0) is 13.2 Å². The molecule has 34 heavy (non-hydrogen) atoms. The standard InChI is InChI=1S/C24H24BrN5O2S.ClH/c1-31-22-15-20(25)14-19(23(22)32-17-18-8-4-2-5-9-18)16-26-12-13-33-24-27-28-29-30(24)21-10-6-3-7-11-21;/h2-11,14-15,26H,12-13,16-17H2,1H3;1H. The lowest BCUT2D eigenvalue weighted by Gasteiger charge is -2.16. The fourth-order valence-electron chi connectivity index (χ4n) is 3.24. The topological polar surface area (TPSA) is 74.1 Å². The van der Waals surface area contributed by atoms with Crippen LogP contribution in [0.15, 0.2) is 82.4 Å². The monoisotopic (exact) mass is 561 g/mol. The number of halogens is 2. The van der Waals surface area contributed by atoms with Crippen molar-refractivity contribution in [3.63, 3.8) is 0 Å². The summed E-state index contributed by atoms with van der Waals surface area (Å²) < 4.78 is 14.4. The largest absolute Gasteiger partial charge is 0.493 e. The Hall–Kier alpha value is -2.59. The van der Waals surface area contributed by atoms with Crippen molar-refractivity contribution >= 4 is 40.1 Å². The van der Waals surface area contributed by atoms with Crippen LogP contribution in [0.5, 0.6) is 11.5 Å². The molecule has 0 atom stereocenters. The van der Waals surface area contributed by atoms with Gasteiger partial charge in [0.2, 0.25) is 5.16 Å². The Morgan fingerprint density at radius 3 is 2.50 bits per heavy atom. The number of nitrogens with zero attached hydrogens (tertiary/aromatic N) is 4. The Balaban J connectivity index is 0.00000324. The Bertz CT molecular complexity index is 1160. The van der Waals surface area contributed by atoms with E-state index in [1.807, 2.05) is 66.7 Å². The Morgan fingerprint density at radius 2 is 1.76 bits per heavy atom. The third-order valence-electron chi connectivity index (χ3n) is 4.81. The molecule has 4 rings (SSSR count). The number of para-hydroxylation sites is 1. The molecular weight excluding hydrogens is 538 g/mol. The zero-order valence-corrected chi connectivity index (χ0v) is 21.8. The van der Waals surface area contributed by atoms with Gasteiger partial charge in [0.15, 0.2) is 11.5 Å². The van der Waals surface area contributed by atoms with E-state index in [4.69, 9.17) is 9.47 Å². The molecule has 0 spiro atoms. The lowest BCUT2D eigenvalue weighted by molar-refractivity contribution is 0.280. The molecule has 0 bridgehead atoms. The SMILES string of the molecule is COc1cc(Br)cc(CNCCSc2nnnn2-c2ccccc2)c1OCc1ccccc1.Cl. The lowest BCUT2D eigenvalue weighted by Crippen LogP contribution is -2.18. The molecule has 4 aromatic rings. The first-order valence-corrected chi connectivity index (χ1v) is 12.2. The second kappa shape index (κ2) is 13.3. The first-order chi connectivity index (χ1) is 16.2. The molecule has 0 unspecified atom stereocenters. The predicted molar refractivity (Wildman–Crippen MR) is 140 cm³/mol. The molecule has 0 amide bonds. The summed E-state index contributed by atoms with van der Waals surface area (Å²) in [5.74, 6) is 2.27. The summed E-state index contributed by atoms with van der Waals surface area (Å²) in [6.45, 7) is 1.90. The summed E-state index contributed by atoms with van der Waals surface area (Å²) in [5, 5.41) is 16.3. The molecule has 0 aliphatic rings. The van der Waals surface area contributed by atoms with Gasteiger partial charge in [0.05, 0.1) is 12.8 Å². The van der Waals surface area contributed by atoms with Gasteiger partial charge in [-0.25, -0.2) is 0 Å². The van der Waals surface area contributed by atoms with Crippen LogP contribution in [0.2, 0.25) is 0 Å². The second-order valence-corrected chi connectivity index (χ2v) is 9.08. The molecule has 7 nitrogen and oxygen atoms in total. The van der Waals surface area contributed by atoms with E-state index < -0.39 is 0 Å². The van der Waals surface area contributed by atoms with Crippen molar-refractivity contribution in [2.75, 3.05) is 19.4 Å². The van der Waals surface area contributed by atoms with Gasteiger partial charge in [-0.2, -0.15) is 4.68 Å². The number of methoxy groups -OCH3 is 1. The molecule has 10 heteroatoms. The summed E-state index contributed by atoms with van der Waals surface area (Å²) >= 11 is 5.18. The third kappa shape index (κ3) is 6.96. The van der Waals surface area contributed by atoms with Crippen molar-refractivity contribution in [1.82, 2.24) is 25.5 Å². The average Bonchev–Trinajstić information content (AvgIpc) is 3.32. The summed E-state index contributed by atoms with van der Waals surface area (Å²) in [5.41, 5.74) is 3.07. The maximum atomic E-state index is 6.16. The zero-order valence-electron chi connectivity index (χ0n) is 18.6. The lowest BCUT2D eigenvalue weighted by atomic mass is 10.1. The normalized spacial score (nSPS) is 10.5. The molecule has 1 heterocycles. The highest BCUT2D eigenvalue weighted by Crippen LogP contribution is 2.35. The molecular formula is C24H25BrClN5O2S. The highest BCUT2D eigenvalue weighted by Gasteiger charge is 2.14. The van der Waals surface area contributed by atoms with Crippen molar-refractivity contribution in [1.29, 1.82) is 0 Å². The fourth-order valence-corrected chi connectivity index (χ4v) is 4.51. The van der Waals surface area contributed by atoms with E-state index >= 15 is 0 Å². The van der Waals surface area contributed by atoms with E-state index in [-0.39, 0.29) is 12.4 Å². The van der Waals surface area contributed by atoms with Gasteiger partial charge < -0.3 is 14.8 Å². The van der Waals surface area contributed by atoms with Gasteiger partial charge in [0.25, 0.3) is 0 Å². The van der Waals surface area contributed by atoms with Gasteiger partial charge in [-0.05, 0) is 40.3 Å². The Kier molecular flexibility index (Phi) is 10.2. The maximum absolute atomic E-state index is 6.16. The highest BCUT2D eigenvalue weighted by molar-refractivity contribution is 9.10. The first kappa shape index (κ1) is 26.0. The molecule has 0 aliphatic carbocycles. The summed E-state index contributed by atoms with van der Waals surface area (Å²) in [4.78, 5) is 0. The van der Waals surface area contributed by atoms with Crippen LogP contribution in [0.3, 0.4) is 0 Å². The average molecular weight is 563 g/mol. The number of ether oxygens (including phenoxy) is 2. The van der Waals surface area contributed by atoms with Crippen LogP contribution >= 0.6 is 40.1 Å². The van der Waals surface area contributed by atoms with E-state index in [0.29, 0.717) is 18.9 Å². The quantitative estimate of drug-likeness (QED) is 0.196. The summed E-state index contributed by atoms with van der Waals surface area (Å²) in [6, 6.07) is 23.9. The van der Waals surface area contributed by atoms with Crippen molar-refractivity contribution in [3.05, 3.63) is 88.4 Å². The van der Waals surface area contributed by atoms with E-state index in [0.717, 1.165) is 44.5 Å². The van der Waals surface area contributed by atoms with Crippen LogP contribution < -0.4 is 14.8 Å². The van der Waals surface area contributed by atoms with Crippen LogP contribution in [0.25, 0.3) is 5.69 Å². The molecule has 1 N–H and O–H groups in total. The maximum Gasteiger partial charge on any atom is 0.214 e. The van der Waals surface area contributed by atoms with Gasteiger partial charge in [-0.3, -0.25) is 0 Å². The smallest absolute Gasteiger partial charge is 0.214 e. The van der Waals surface area contributed by atoms with Crippen LogP contribution in [-0.4, -0.2) is 39.6 Å². The number of rotatable bonds is 11. The van der Waals surface area contributed by atoms with Crippen LogP contribution in [0.4, 0.5) is 0 Å². The summed E-state index contributed by atoms with van der Waals surface area (Å²) in [7, 11) is 1.65. The molecule has 0 aliphatic heterocycles. The van der Waals surface area contributed by atoms with Crippen LogP contribution in [0.1, 0.15) is 11.1 Å². The van der Waals surface area contributed by atoms with Crippen LogP contribution in [0, 0.1) is 0 Å². The number of thioether (sulfide) groups is 1. The van der Waals surface area contributed by atoms with E-state index in [1.165, 1.54) is 0 Å². The van der Waals surface area contributed by atoms with Crippen molar-refractivity contribution in [2.45, 2.75) is 18.3 Å². The highest BCUT2D eigenvalue weighted by atomic mass is 79.9. The molecule has 0 radical (unpaired) electrons. The second-order valence-electron chi connectivity index (χ2n) is 7.10. The van der Waals surface area contributed by atoms with Gasteiger partial charge in [-0.15, -0.1) is 17.5 Å². The number of nitrogens with one attached hydrogen (secondary N) is 1. The molecule has 178 valence electrons. The fraction of sp³-hybridized carbons (Fsp3) is 0.208. The number of aromatic nitrogens is 4. The van der Waals surface area contributed by atoms with Gasteiger partial charge in [0, 0.05) is 28.9 Å². The van der Waals surface area contributed by atoms with Crippen molar-refractivity contribution in [2.24, 2.45) is 0 Å². The Morgan fingerprint density at radius 1 is 1.03 bits per heavy atom. The predicted octanol–water partition coefficient (Wildman–Crippen LogP) is 5.32. The van der Waals surface area contributed by atoms with Gasteiger partial charge >= 0.3 is 0 Å². The molecule has 1 aromatic heterocycles. The first-order valence-electron chi connectivity index (χ1n) is 10.4. The number of hydrogen-bond acceptors (Lipinski definition) is 7. The third-order valence-corrected chi connectivity index (χ3v) is 6.19. The zero-order chi connectivity index (χ0) is 22.9. The Labute approximate surface area is 217 Å². The van der Waals surface area contributed by atoms with Crippen molar-refractivity contribution in [3.8, 4) is 17.2 Å². The van der Waals surface area contributed by atoms with E-state index in [9.17, 15) is 0 Å². The van der Waals surface area contributed by atoms with Gasteiger partial charge in [-0.1, -0.05) is 76.2 Å². The number of tetrazole rings is 1. The number of hydrogen-bond donors (Lipinski definition) is 1. The van der Waals surface area contributed by atoms with E-state index in [2.05, 4.69) is 42.8 Å². The van der Waals surface area contributed by atoms with E-state index in [1.54, 1.807) is 23.6 Å². The number of benzene rings is 3. The molecule has 3 aromatic carbocycles. The summed E-state index contributed by atoms with van der Waals surface area (Å²) in [6.07, 6.45) is 0. The van der Waals surface area contributed by atoms with Gasteiger partial charge in [0.1, 0.15) is 6.61 Å².